The van der Waals surface area contributed by atoms with Crippen molar-refractivity contribution in [1.82, 2.24) is 4.98 Å². The third kappa shape index (κ3) is 3.01. The third-order valence-electron chi connectivity index (χ3n) is 3.84. The Morgan fingerprint density at radius 1 is 1.00 bits per heavy atom. The fourth-order valence-corrected chi connectivity index (χ4v) is 2.59. The van der Waals surface area contributed by atoms with E-state index < -0.39 is 0 Å². The van der Waals surface area contributed by atoms with E-state index in [1.54, 1.807) is 25.4 Å². The molecule has 1 aromatic heterocycles. The topological polar surface area (TPSA) is 75.8 Å². The molecule has 0 bridgehead atoms. The van der Waals surface area contributed by atoms with Crippen LogP contribution in [0.25, 0.3) is 11.1 Å². The summed E-state index contributed by atoms with van der Waals surface area (Å²) in [6.07, 6.45) is 1.56. The number of fused-ring (bicyclic) bond motifs is 1. The second kappa shape index (κ2) is 6.24. The quantitative estimate of drug-likeness (QED) is 0.780. The van der Waals surface area contributed by atoms with Crippen LogP contribution < -0.4 is 24.7 Å². The van der Waals surface area contributed by atoms with E-state index in [1.165, 1.54) is 0 Å². The second-order valence-electron chi connectivity index (χ2n) is 5.46. The molecule has 0 radical (unpaired) electrons. The first-order valence-corrected chi connectivity index (χ1v) is 7.70. The third-order valence-corrected chi connectivity index (χ3v) is 3.84. The second-order valence-corrected chi connectivity index (χ2v) is 5.46. The predicted molar refractivity (Wildman–Crippen MR) is 93.3 cm³/mol. The Labute approximate surface area is 144 Å². The van der Waals surface area contributed by atoms with Gasteiger partial charge in [-0.05, 0) is 29.8 Å². The maximum absolute atomic E-state index is 5.71. The summed E-state index contributed by atoms with van der Waals surface area (Å²) in [4.78, 5) is 4.12. The lowest BCUT2D eigenvalue weighted by atomic mass is 10.0. The van der Waals surface area contributed by atoms with Gasteiger partial charge in [0.1, 0.15) is 11.5 Å². The minimum atomic E-state index is 0.226. The normalized spacial score (nSPS) is 12.0. The molecule has 1 aliphatic heterocycles. The van der Waals surface area contributed by atoms with Gasteiger partial charge in [-0.25, -0.2) is 4.98 Å². The molecule has 1 aliphatic rings. The number of nitrogens with zero attached hydrogens (tertiary/aromatic N) is 1. The number of nitrogen functional groups attached to an aromatic ring is 1. The molecule has 2 aromatic carbocycles. The minimum Gasteiger partial charge on any atom is -0.496 e. The Hall–Kier alpha value is -3.41. The lowest BCUT2D eigenvalue weighted by molar-refractivity contribution is 0.174. The number of benzene rings is 2. The molecule has 6 heteroatoms. The summed E-state index contributed by atoms with van der Waals surface area (Å²) >= 11 is 0. The van der Waals surface area contributed by atoms with Crippen LogP contribution in [0.1, 0.15) is 0 Å². The van der Waals surface area contributed by atoms with Crippen LogP contribution in [-0.4, -0.2) is 18.9 Å². The summed E-state index contributed by atoms with van der Waals surface area (Å²) in [5.74, 6) is 3.29. The van der Waals surface area contributed by atoms with Crippen LogP contribution in [0.2, 0.25) is 0 Å². The van der Waals surface area contributed by atoms with E-state index in [4.69, 9.17) is 24.7 Å². The van der Waals surface area contributed by atoms with Crippen molar-refractivity contribution < 1.29 is 18.9 Å². The smallest absolute Gasteiger partial charge is 0.231 e. The van der Waals surface area contributed by atoms with E-state index in [1.807, 2.05) is 36.4 Å². The van der Waals surface area contributed by atoms with Gasteiger partial charge in [0, 0.05) is 17.7 Å². The summed E-state index contributed by atoms with van der Waals surface area (Å²) < 4.78 is 22.0. The van der Waals surface area contributed by atoms with Crippen molar-refractivity contribution in [2.45, 2.75) is 0 Å². The summed E-state index contributed by atoms with van der Waals surface area (Å²) in [5.41, 5.74) is 8.12. The molecule has 0 saturated carbocycles. The van der Waals surface area contributed by atoms with Crippen LogP contribution in [-0.2, 0) is 0 Å². The lowest BCUT2D eigenvalue weighted by Crippen LogP contribution is -1.92. The minimum absolute atomic E-state index is 0.226. The highest BCUT2D eigenvalue weighted by Gasteiger charge is 2.18. The van der Waals surface area contributed by atoms with Crippen molar-refractivity contribution in [3.63, 3.8) is 0 Å². The zero-order chi connectivity index (χ0) is 17.2. The molecule has 0 amide bonds. The zero-order valence-electron chi connectivity index (χ0n) is 13.6. The van der Waals surface area contributed by atoms with Gasteiger partial charge in [0.2, 0.25) is 12.7 Å². The fourth-order valence-electron chi connectivity index (χ4n) is 2.59. The van der Waals surface area contributed by atoms with Crippen molar-refractivity contribution in [3.05, 3.63) is 54.7 Å². The number of aromatic nitrogens is 1. The maximum atomic E-state index is 5.71. The highest BCUT2D eigenvalue weighted by molar-refractivity contribution is 5.75. The molecule has 6 nitrogen and oxygen atoms in total. The highest BCUT2D eigenvalue weighted by Crippen LogP contribution is 2.42. The molecular weight excluding hydrogens is 320 g/mol. The van der Waals surface area contributed by atoms with Crippen molar-refractivity contribution >= 4 is 5.69 Å². The molecule has 2 N–H and O–H groups in total. The fraction of sp³-hybridized carbons (Fsp3) is 0.105. The molecule has 2 heterocycles. The summed E-state index contributed by atoms with van der Waals surface area (Å²) in [7, 11) is 1.63. The van der Waals surface area contributed by atoms with E-state index in [0.717, 1.165) is 16.9 Å². The Bertz CT molecular complexity index is 893. The molecule has 0 atom stereocenters. The van der Waals surface area contributed by atoms with Crippen LogP contribution in [0, 0.1) is 0 Å². The van der Waals surface area contributed by atoms with Crippen LogP contribution in [0.3, 0.4) is 0 Å². The number of hydrogen-bond acceptors (Lipinski definition) is 6. The first-order chi connectivity index (χ1) is 12.2. The number of ether oxygens (including phenoxy) is 4. The van der Waals surface area contributed by atoms with Gasteiger partial charge in [0.25, 0.3) is 0 Å². The van der Waals surface area contributed by atoms with Crippen molar-refractivity contribution in [1.29, 1.82) is 0 Å². The Morgan fingerprint density at radius 3 is 2.44 bits per heavy atom. The van der Waals surface area contributed by atoms with Gasteiger partial charge in [-0.3, -0.25) is 0 Å². The van der Waals surface area contributed by atoms with E-state index in [9.17, 15) is 0 Å². The van der Waals surface area contributed by atoms with Gasteiger partial charge in [0.15, 0.2) is 11.5 Å². The van der Waals surface area contributed by atoms with E-state index in [0.29, 0.717) is 28.8 Å². The molecule has 0 unspecified atom stereocenters. The molecule has 4 rings (SSSR count). The van der Waals surface area contributed by atoms with E-state index in [-0.39, 0.29) is 6.79 Å². The van der Waals surface area contributed by atoms with Gasteiger partial charge in [-0.1, -0.05) is 12.1 Å². The number of hydrogen-bond donors (Lipinski definition) is 1. The first-order valence-electron chi connectivity index (χ1n) is 7.70. The summed E-state index contributed by atoms with van der Waals surface area (Å²) in [6, 6.07) is 14.9. The molecule has 0 fully saturated rings. The number of rotatable bonds is 4. The van der Waals surface area contributed by atoms with Gasteiger partial charge >= 0.3 is 0 Å². The maximum Gasteiger partial charge on any atom is 0.231 e. The van der Waals surface area contributed by atoms with Crippen LogP contribution in [0.4, 0.5) is 5.69 Å². The largest absolute Gasteiger partial charge is 0.496 e. The molecule has 0 aliphatic carbocycles. The van der Waals surface area contributed by atoms with Crippen molar-refractivity contribution in [3.8, 4) is 40.0 Å². The summed E-state index contributed by atoms with van der Waals surface area (Å²) in [5, 5.41) is 0. The lowest BCUT2D eigenvalue weighted by Gasteiger charge is -2.11. The predicted octanol–water partition coefficient (Wildman–Crippen LogP) is 3.86. The number of pyridine rings is 1. The monoisotopic (exact) mass is 336 g/mol. The van der Waals surface area contributed by atoms with Gasteiger partial charge in [0.05, 0.1) is 19.0 Å². The standard InChI is InChI=1S/C19H16N2O4/c1-22-16-9-18-17(23-11-24-18)8-15(16)12-2-5-14(6-3-12)25-19-7-4-13(20)10-21-19/h2-10H,11,20H2,1H3. The molecular formula is C19H16N2O4. The SMILES string of the molecule is COc1cc2c(cc1-c1ccc(Oc3ccc(N)cn3)cc1)OCO2. The number of anilines is 1. The summed E-state index contributed by atoms with van der Waals surface area (Å²) in [6.45, 7) is 0.226. The zero-order valence-corrected chi connectivity index (χ0v) is 13.6. The number of methoxy groups -OCH3 is 1. The molecule has 3 aromatic rings. The van der Waals surface area contributed by atoms with Crippen molar-refractivity contribution in [2.24, 2.45) is 0 Å². The van der Waals surface area contributed by atoms with Crippen LogP contribution in [0.5, 0.6) is 28.9 Å². The Balaban J connectivity index is 1.61. The van der Waals surface area contributed by atoms with Gasteiger partial charge in [-0.15, -0.1) is 0 Å². The van der Waals surface area contributed by atoms with Gasteiger partial charge < -0.3 is 24.7 Å². The van der Waals surface area contributed by atoms with Crippen LogP contribution in [0.15, 0.2) is 54.7 Å². The van der Waals surface area contributed by atoms with Gasteiger partial charge in [-0.2, -0.15) is 0 Å². The Morgan fingerprint density at radius 2 is 1.76 bits per heavy atom. The van der Waals surface area contributed by atoms with E-state index >= 15 is 0 Å². The molecule has 25 heavy (non-hydrogen) atoms. The average Bonchev–Trinajstić information content (AvgIpc) is 3.10. The number of nitrogens with two attached hydrogens (primary N) is 1. The highest BCUT2D eigenvalue weighted by atomic mass is 16.7. The molecule has 126 valence electrons. The molecule has 0 spiro atoms. The van der Waals surface area contributed by atoms with E-state index in [2.05, 4.69) is 4.98 Å². The van der Waals surface area contributed by atoms with Crippen molar-refractivity contribution in [2.75, 3.05) is 19.6 Å². The molecule has 0 saturated heterocycles. The average molecular weight is 336 g/mol. The first kappa shape index (κ1) is 15.1. The van der Waals surface area contributed by atoms with Crippen LogP contribution >= 0.6 is 0 Å². The Kier molecular flexibility index (Phi) is 3.78.